The topological polar surface area (TPSA) is 61.4 Å². The summed E-state index contributed by atoms with van der Waals surface area (Å²) in [5.41, 5.74) is 0. The molecule has 3 N–H and O–H groups in total. The van der Waals surface area contributed by atoms with E-state index in [1.54, 1.807) is 0 Å². The molecular formula is C16H28N2O2. The number of piperidine rings is 1. The van der Waals surface area contributed by atoms with Crippen LogP contribution in [0, 0.1) is 11.8 Å². The van der Waals surface area contributed by atoms with Crippen LogP contribution in [-0.4, -0.2) is 35.7 Å². The number of hydrogen-bond donors (Lipinski definition) is 3. The SMILES string of the molecule is O=C(NCC1CCCC1O)C1CCC2CCCCC2N1. The maximum Gasteiger partial charge on any atom is 0.237 e. The lowest BCUT2D eigenvalue weighted by atomic mass is 9.77. The molecule has 3 aliphatic rings. The summed E-state index contributed by atoms with van der Waals surface area (Å²) in [6, 6.07) is 0.554. The molecule has 1 saturated heterocycles. The number of aliphatic hydroxyl groups excluding tert-OH is 1. The van der Waals surface area contributed by atoms with Crippen LogP contribution in [0.1, 0.15) is 57.8 Å². The molecule has 3 fully saturated rings. The molecule has 0 bridgehead atoms. The largest absolute Gasteiger partial charge is 0.393 e. The van der Waals surface area contributed by atoms with Crippen LogP contribution >= 0.6 is 0 Å². The Balaban J connectivity index is 1.45. The molecule has 0 spiro atoms. The van der Waals surface area contributed by atoms with Gasteiger partial charge in [0.2, 0.25) is 5.91 Å². The molecule has 5 unspecified atom stereocenters. The fraction of sp³-hybridized carbons (Fsp3) is 0.938. The Hall–Kier alpha value is -0.610. The highest BCUT2D eigenvalue weighted by molar-refractivity contribution is 5.81. The number of amides is 1. The van der Waals surface area contributed by atoms with Gasteiger partial charge in [0.25, 0.3) is 0 Å². The maximum atomic E-state index is 12.3. The summed E-state index contributed by atoms with van der Waals surface area (Å²) in [5, 5.41) is 16.4. The molecule has 1 heterocycles. The number of aliphatic hydroxyl groups is 1. The molecular weight excluding hydrogens is 252 g/mol. The van der Waals surface area contributed by atoms with Crippen molar-refractivity contribution in [1.82, 2.24) is 10.6 Å². The van der Waals surface area contributed by atoms with Crippen LogP contribution < -0.4 is 10.6 Å². The molecule has 2 aliphatic carbocycles. The van der Waals surface area contributed by atoms with E-state index in [0.717, 1.165) is 31.6 Å². The third-order valence-electron chi connectivity index (χ3n) is 5.62. The lowest BCUT2D eigenvalue weighted by molar-refractivity contribution is -0.124. The number of nitrogens with one attached hydrogen (secondary N) is 2. The zero-order chi connectivity index (χ0) is 13.9. The molecule has 1 aliphatic heterocycles. The molecule has 5 atom stereocenters. The Morgan fingerprint density at radius 1 is 1.05 bits per heavy atom. The van der Waals surface area contributed by atoms with Crippen LogP contribution in [0.15, 0.2) is 0 Å². The minimum absolute atomic E-state index is 0.00658. The Morgan fingerprint density at radius 3 is 2.70 bits per heavy atom. The maximum absolute atomic E-state index is 12.3. The predicted octanol–water partition coefficient (Wildman–Crippen LogP) is 1.57. The van der Waals surface area contributed by atoms with Gasteiger partial charge in [-0.2, -0.15) is 0 Å². The van der Waals surface area contributed by atoms with Crippen LogP contribution in [0.5, 0.6) is 0 Å². The summed E-state index contributed by atoms with van der Waals surface area (Å²) in [4.78, 5) is 12.3. The molecule has 0 aromatic rings. The van der Waals surface area contributed by atoms with E-state index in [4.69, 9.17) is 0 Å². The summed E-state index contributed by atoms with van der Waals surface area (Å²) < 4.78 is 0. The standard InChI is InChI=1S/C16H28N2O2/c19-15-7-3-5-12(15)10-17-16(20)14-9-8-11-4-1-2-6-13(11)18-14/h11-15,18-19H,1-10H2,(H,17,20). The van der Waals surface area contributed by atoms with Gasteiger partial charge in [-0.25, -0.2) is 0 Å². The molecule has 114 valence electrons. The fourth-order valence-corrected chi connectivity index (χ4v) is 4.31. The van der Waals surface area contributed by atoms with Crippen molar-refractivity contribution in [2.45, 2.75) is 76.0 Å². The van der Waals surface area contributed by atoms with Crippen LogP contribution in [0.4, 0.5) is 0 Å². The summed E-state index contributed by atoms with van der Waals surface area (Å²) in [6.07, 6.45) is 10.2. The number of carbonyl (C=O) groups excluding carboxylic acids is 1. The monoisotopic (exact) mass is 280 g/mol. The summed E-state index contributed by atoms with van der Waals surface area (Å²) in [7, 11) is 0. The minimum atomic E-state index is -0.211. The molecule has 1 amide bonds. The zero-order valence-corrected chi connectivity index (χ0v) is 12.3. The molecule has 20 heavy (non-hydrogen) atoms. The van der Waals surface area contributed by atoms with E-state index in [0.29, 0.717) is 12.6 Å². The van der Waals surface area contributed by atoms with Gasteiger partial charge < -0.3 is 15.7 Å². The molecule has 2 saturated carbocycles. The minimum Gasteiger partial charge on any atom is -0.393 e. The second-order valence-electron chi connectivity index (χ2n) is 6.95. The molecule has 4 heteroatoms. The lowest BCUT2D eigenvalue weighted by Crippen LogP contribution is -2.55. The first-order chi connectivity index (χ1) is 9.74. The van der Waals surface area contributed by atoms with Crippen molar-refractivity contribution >= 4 is 5.91 Å². The third kappa shape index (κ3) is 3.17. The van der Waals surface area contributed by atoms with E-state index in [9.17, 15) is 9.90 Å². The van der Waals surface area contributed by atoms with Gasteiger partial charge in [0.1, 0.15) is 0 Å². The van der Waals surface area contributed by atoms with Crippen LogP contribution in [0.3, 0.4) is 0 Å². The van der Waals surface area contributed by atoms with Gasteiger partial charge in [-0.3, -0.25) is 4.79 Å². The van der Waals surface area contributed by atoms with E-state index in [-0.39, 0.29) is 24.0 Å². The highest BCUT2D eigenvalue weighted by Crippen LogP contribution is 2.32. The van der Waals surface area contributed by atoms with Crippen molar-refractivity contribution in [3.05, 3.63) is 0 Å². The van der Waals surface area contributed by atoms with Gasteiger partial charge in [0.15, 0.2) is 0 Å². The van der Waals surface area contributed by atoms with Gasteiger partial charge in [0.05, 0.1) is 12.1 Å². The van der Waals surface area contributed by atoms with Crippen LogP contribution in [0.25, 0.3) is 0 Å². The Kier molecular flexibility index (Phi) is 4.61. The predicted molar refractivity (Wildman–Crippen MR) is 78.3 cm³/mol. The van der Waals surface area contributed by atoms with E-state index >= 15 is 0 Å². The van der Waals surface area contributed by atoms with Gasteiger partial charge >= 0.3 is 0 Å². The number of hydrogen-bond acceptors (Lipinski definition) is 3. The van der Waals surface area contributed by atoms with Crippen molar-refractivity contribution in [3.63, 3.8) is 0 Å². The highest BCUT2D eigenvalue weighted by Gasteiger charge is 2.34. The van der Waals surface area contributed by atoms with Gasteiger partial charge in [0, 0.05) is 18.5 Å². The van der Waals surface area contributed by atoms with Crippen molar-refractivity contribution in [2.75, 3.05) is 6.54 Å². The number of fused-ring (bicyclic) bond motifs is 1. The fourth-order valence-electron chi connectivity index (χ4n) is 4.31. The molecule has 4 nitrogen and oxygen atoms in total. The second kappa shape index (κ2) is 6.44. The second-order valence-corrected chi connectivity index (χ2v) is 6.95. The van der Waals surface area contributed by atoms with E-state index in [1.165, 1.54) is 32.1 Å². The number of carbonyl (C=O) groups is 1. The Morgan fingerprint density at radius 2 is 1.90 bits per heavy atom. The molecule has 0 aromatic heterocycles. The summed E-state index contributed by atoms with van der Waals surface area (Å²) in [6.45, 7) is 0.645. The van der Waals surface area contributed by atoms with E-state index < -0.39 is 0 Å². The van der Waals surface area contributed by atoms with Crippen LogP contribution in [0.2, 0.25) is 0 Å². The highest BCUT2D eigenvalue weighted by atomic mass is 16.3. The van der Waals surface area contributed by atoms with Gasteiger partial charge in [-0.1, -0.05) is 19.3 Å². The number of rotatable bonds is 3. The Bertz CT molecular complexity index is 347. The van der Waals surface area contributed by atoms with Crippen molar-refractivity contribution < 1.29 is 9.90 Å². The lowest BCUT2D eigenvalue weighted by Gasteiger charge is -2.40. The first kappa shape index (κ1) is 14.3. The zero-order valence-electron chi connectivity index (χ0n) is 12.3. The van der Waals surface area contributed by atoms with E-state index in [2.05, 4.69) is 10.6 Å². The first-order valence-electron chi connectivity index (χ1n) is 8.46. The smallest absolute Gasteiger partial charge is 0.237 e. The van der Waals surface area contributed by atoms with E-state index in [1.807, 2.05) is 0 Å². The summed E-state index contributed by atoms with van der Waals surface area (Å²) >= 11 is 0. The molecule has 0 aromatic carbocycles. The van der Waals surface area contributed by atoms with Crippen molar-refractivity contribution in [2.24, 2.45) is 11.8 Å². The molecule has 3 rings (SSSR count). The van der Waals surface area contributed by atoms with Crippen molar-refractivity contribution in [3.8, 4) is 0 Å². The average molecular weight is 280 g/mol. The first-order valence-corrected chi connectivity index (χ1v) is 8.46. The van der Waals surface area contributed by atoms with Crippen LogP contribution in [-0.2, 0) is 4.79 Å². The van der Waals surface area contributed by atoms with Gasteiger partial charge in [-0.05, 0) is 44.4 Å². The quantitative estimate of drug-likeness (QED) is 0.735. The average Bonchev–Trinajstić information content (AvgIpc) is 2.89. The van der Waals surface area contributed by atoms with Crippen molar-refractivity contribution in [1.29, 1.82) is 0 Å². The molecule has 0 radical (unpaired) electrons. The Labute approximate surface area is 121 Å². The third-order valence-corrected chi connectivity index (χ3v) is 5.62. The van der Waals surface area contributed by atoms with Gasteiger partial charge in [-0.15, -0.1) is 0 Å². The normalized spacial score (nSPS) is 41.1. The summed E-state index contributed by atoms with van der Waals surface area (Å²) in [5.74, 6) is 1.21.